The number of rotatable bonds is 2. The lowest BCUT2D eigenvalue weighted by molar-refractivity contribution is -0.129. The van der Waals surface area contributed by atoms with Crippen LogP contribution in [0.2, 0.25) is 0 Å². The van der Waals surface area contributed by atoms with Crippen LogP contribution in [-0.4, -0.2) is 34.7 Å². The van der Waals surface area contributed by atoms with E-state index in [1.807, 2.05) is 20.0 Å². The lowest BCUT2D eigenvalue weighted by atomic mass is 10.3. The Morgan fingerprint density at radius 3 is 2.54 bits per heavy atom. The molecule has 0 atom stereocenters. The van der Waals surface area contributed by atoms with Gasteiger partial charge in [0.05, 0.1) is 5.69 Å². The van der Waals surface area contributed by atoms with Crippen molar-refractivity contribution >= 4 is 5.91 Å². The largest absolute Gasteiger partial charge is 0.347 e. The van der Waals surface area contributed by atoms with Crippen molar-refractivity contribution in [3.8, 4) is 0 Å². The van der Waals surface area contributed by atoms with Crippen LogP contribution in [-0.2, 0) is 11.3 Å². The SMILES string of the molecule is Cc1cn(CC(=O)N(C)C)nc1C. The van der Waals surface area contributed by atoms with Gasteiger partial charge in [0.15, 0.2) is 0 Å². The summed E-state index contributed by atoms with van der Waals surface area (Å²) in [5, 5.41) is 4.20. The molecule has 72 valence electrons. The Hall–Kier alpha value is -1.32. The monoisotopic (exact) mass is 181 g/mol. The molecular formula is C9H15N3O. The van der Waals surface area contributed by atoms with Crippen LogP contribution in [0.25, 0.3) is 0 Å². The summed E-state index contributed by atoms with van der Waals surface area (Å²) < 4.78 is 1.67. The predicted molar refractivity (Wildman–Crippen MR) is 50.4 cm³/mol. The maximum Gasteiger partial charge on any atom is 0.243 e. The Morgan fingerprint density at radius 1 is 1.54 bits per heavy atom. The second kappa shape index (κ2) is 3.60. The smallest absolute Gasteiger partial charge is 0.243 e. The van der Waals surface area contributed by atoms with E-state index in [9.17, 15) is 4.79 Å². The van der Waals surface area contributed by atoms with Gasteiger partial charge in [-0.15, -0.1) is 0 Å². The Labute approximate surface area is 78.1 Å². The molecule has 4 heteroatoms. The van der Waals surface area contributed by atoms with E-state index in [0.29, 0.717) is 6.54 Å². The zero-order chi connectivity index (χ0) is 10.0. The summed E-state index contributed by atoms with van der Waals surface area (Å²) in [7, 11) is 3.48. The van der Waals surface area contributed by atoms with Gasteiger partial charge in [0, 0.05) is 20.3 Å². The van der Waals surface area contributed by atoms with Crippen molar-refractivity contribution < 1.29 is 4.79 Å². The molecule has 4 nitrogen and oxygen atoms in total. The number of aromatic nitrogens is 2. The highest BCUT2D eigenvalue weighted by molar-refractivity contribution is 5.75. The number of aryl methyl sites for hydroxylation is 2. The van der Waals surface area contributed by atoms with Crippen molar-refractivity contribution in [2.45, 2.75) is 20.4 Å². The maximum absolute atomic E-state index is 11.3. The first-order chi connectivity index (χ1) is 6.00. The minimum Gasteiger partial charge on any atom is -0.347 e. The molecule has 0 unspecified atom stereocenters. The van der Waals surface area contributed by atoms with E-state index >= 15 is 0 Å². The molecule has 13 heavy (non-hydrogen) atoms. The van der Waals surface area contributed by atoms with E-state index in [0.717, 1.165) is 11.3 Å². The summed E-state index contributed by atoms with van der Waals surface area (Å²) >= 11 is 0. The van der Waals surface area contributed by atoms with E-state index in [2.05, 4.69) is 5.10 Å². The summed E-state index contributed by atoms with van der Waals surface area (Å²) in [5.74, 6) is 0.0579. The van der Waals surface area contributed by atoms with Crippen molar-refractivity contribution in [3.63, 3.8) is 0 Å². The molecule has 1 heterocycles. The number of hydrogen-bond acceptors (Lipinski definition) is 2. The lowest BCUT2D eigenvalue weighted by Gasteiger charge is -2.09. The summed E-state index contributed by atoms with van der Waals surface area (Å²) in [4.78, 5) is 12.9. The predicted octanol–water partition coefficient (Wildman–Crippen LogP) is 0.588. The number of nitrogens with zero attached hydrogens (tertiary/aromatic N) is 3. The zero-order valence-electron chi connectivity index (χ0n) is 8.53. The number of hydrogen-bond donors (Lipinski definition) is 0. The van der Waals surface area contributed by atoms with Crippen LogP contribution >= 0.6 is 0 Å². The van der Waals surface area contributed by atoms with Crippen LogP contribution in [0.1, 0.15) is 11.3 Å². The van der Waals surface area contributed by atoms with Crippen molar-refractivity contribution in [3.05, 3.63) is 17.5 Å². The molecule has 1 amide bonds. The first-order valence-corrected chi connectivity index (χ1v) is 4.21. The minimum absolute atomic E-state index is 0.0579. The molecule has 1 rings (SSSR count). The maximum atomic E-state index is 11.3. The Bertz CT molecular complexity index is 295. The highest BCUT2D eigenvalue weighted by atomic mass is 16.2. The van der Waals surface area contributed by atoms with Gasteiger partial charge in [0.25, 0.3) is 0 Å². The summed E-state index contributed by atoms with van der Waals surface area (Å²) in [6.07, 6.45) is 1.89. The number of likely N-dealkylation sites (N-methyl/N-ethyl adjacent to an activating group) is 1. The molecule has 0 aliphatic rings. The van der Waals surface area contributed by atoms with Crippen molar-refractivity contribution in [1.82, 2.24) is 14.7 Å². The highest BCUT2D eigenvalue weighted by Gasteiger charge is 2.06. The summed E-state index contributed by atoms with van der Waals surface area (Å²) in [5.41, 5.74) is 2.10. The number of carbonyl (C=O) groups excluding carboxylic acids is 1. The average Bonchev–Trinajstić information content (AvgIpc) is 2.31. The standard InChI is InChI=1S/C9H15N3O/c1-7-5-12(10-8(7)2)6-9(13)11(3)4/h5H,6H2,1-4H3. The third-order valence-corrected chi connectivity index (χ3v) is 1.99. The molecule has 1 aromatic rings. The first-order valence-electron chi connectivity index (χ1n) is 4.21. The van der Waals surface area contributed by atoms with Gasteiger partial charge in [0.1, 0.15) is 6.54 Å². The molecule has 0 aliphatic heterocycles. The first kappa shape index (κ1) is 9.77. The van der Waals surface area contributed by atoms with E-state index in [4.69, 9.17) is 0 Å². The molecule has 0 bridgehead atoms. The van der Waals surface area contributed by atoms with Gasteiger partial charge < -0.3 is 4.90 Å². The van der Waals surface area contributed by atoms with Crippen LogP contribution in [0.15, 0.2) is 6.20 Å². The second-order valence-electron chi connectivity index (χ2n) is 3.38. The molecule has 0 N–H and O–H groups in total. The summed E-state index contributed by atoms with van der Waals surface area (Å²) in [6, 6.07) is 0. The minimum atomic E-state index is 0.0579. The van der Waals surface area contributed by atoms with E-state index in [1.165, 1.54) is 0 Å². The Kier molecular flexibility index (Phi) is 2.70. The van der Waals surface area contributed by atoms with Gasteiger partial charge in [-0.05, 0) is 19.4 Å². The van der Waals surface area contributed by atoms with Crippen LogP contribution in [0.4, 0.5) is 0 Å². The molecule has 0 fully saturated rings. The van der Waals surface area contributed by atoms with Gasteiger partial charge in [0.2, 0.25) is 5.91 Å². The van der Waals surface area contributed by atoms with E-state index < -0.39 is 0 Å². The normalized spacial score (nSPS) is 10.2. The number of carbonyl (C=O) groups is 1. The van der Waals surface area contributed by atoms with Crippen molar-refractivity contribution in [1.29, 1.82) is 0 Å². The molecule has 0 aromatic carbocycles. The van der Waals surface area contributed by atoms with E-state index in [-0.39, 0.29) is 5.91 Å². The molecular weight excluding hydrogens is 166 g/mol. The van der Waals surface area contributed by atoms with Gasteiger partial charge in [-0.2, -0.15) is 5.10 Å². The molecule has 0 spiro atoms. The fourth-order valence-electron chi connectivity index (χ4n) is 0.978. The quantitative estimate of drug-likeness (QED) is 0.669. The Balaban J connectivity index is 2.70. The molecule has 0 aliphatic carbocycles. The number of amides is 1. The van der Waals surface area contributed by atoms with Gasteiger partial charge in [-0.25, -0.2) is 0 Å². The Morgan fingerprint density at radius 2 is 2.15 bits per heavy atom. The average molecular weight is 181 g/mol. The van der Waals surface area contributed by atoms with Crippen LogP contribution in [0.5, 0.6) is 0 Å². The van der Waals surface area contributed by atoms with Gasteiger partial charge >= 0.3 is 0 Å². The molecule has 0 saturated carbocycles. The van der Waals surface area contributed by atoms with Gasteiger partial charge in [-0.1, -0.05) is 0 Å². The van der Waals surface area contributed by atoms with Crippen LogP contribution in [0, 0.1) is 13.8 Å². The van der Waals surface area contributed by atoms with Crippen LogP contribution in [0.3, 0.4) is 0 Å². The summed E-state index contributed by atoms with van der Waals surface area (Å²) in [6.45, 7) is 4.24. The van der Waals surface area contributed by atoms with Crippen LogP contribution < -0.4 is 0 Å². The third-order valence-electron chi connectivity index (χ3n) is 1.99. The fraction of sp³-hybridized carbons (Fsp3) is 0.556. The third kappa shape index (κ3) is 2.31. The lowest BCUT2D eigenvalue weighted by Crippen LogP contribution is -2.26. The fourth-order valence-corrected chi connectivity index (χ4v) is 0.978. The van der Waals surface area contributed by atoms with Crippen molar-refractivity contribution in [2.24, 2.45) is 0 Å². The molecule has 0 radical (unpaired) electrons. The molecule has 1 aromatic heterocycles. The van der Waals surface area contributed by atoms with E-state index in [1.54, 1.807) is 23.7 Å². The second-order valence-corrected chi connectivity index (χ2v) is 3.38. The highest BCUT2D eigenvalue weighted by Crippen LogP contribution is 2.02. The topological polar surface area (TPSA) is 38.1 Å². The molecule has 0 saturated heterocycles. The van der Waals surface area contributed by atoms with Gasteiger partial charge in [-0.3, -0.25) is 9.48 Å². The zero-order valence-corrected chi connectivity index (χ0v) is 8.53. The van der Waals surface area contributed by atoms with Crippen molar-refractivity contribution in [2.75, 3.05) is 14.1 Å².